The molecule has 0 saturated heterocycles. The normalized spacial score (nSPS) is 12.9. The summed E-state index contributed by atoms with van der Waals surface area (Å²) in [4.78, 5) is 22.5. The van der Waals surface area contributed by atoms with Crippen molar-refractivity contribution >= 4 is 23.8 Å². The molecule has 0 fully saturated rings. The van der Waals surface area contributed by atoms with Crippen LogP contribution in [0, 0.1) is 0 Å². The number of hydrogen-bond acceptors (Lipinski definition) is 4. The summed E-state index contributed by atoms with van der Waals surface area (Å²) in [5.74, 6) is -0.342. The van der Waals surface area contributed by atoms with Crippen molar-refractivity contribution in [3.8, 4) is 0 Å². The smallest absolute Gasteiger partial charge is 0.326 e. The molecule has 18 heavy (non-hydrogen) atoms. The Kier molecular flexibility index (Phi) is 7.77. The number of carboxylic acid groups (broad SMARTS) is 1. The molecule has 0 aliphatic rings. The van der Waals surface area contributed by atoms with Gasteiger partial charge in [0.2, 0.25) is 0 Å². The lowest BCUT2D eigenvalue weighted by Crippen LogP contribution is -2.49. The fourth-order valence-corrected chi connectivity index (χ4v) is 1.54. The summed E-state index contributed by atoms with van der Waals surface area (Å²) in [6.07, 6.45) is 2.29. The molecule has 3 N–H and O–H groups in total. The van der Waals surface area contributed by atoms with Gasteiger partial charge in [-0.1, -0.05) is 0 Å². The fourth-order valence-electron chi connectivity index (χ4n) is 1.07. The van der Waals surface area contributed by atoms with Crippen molar-refractivity contribution in [2.24, 2.45) is 0 Å². The van der Waals surface area contributed by atoms with Crippen LogP contribution >= 0.6 is 11.8 Å². The molecule has 0 unspecified atom stereocenters. The third kappa shape index (κ3) is 7.39. The van der Waals surface area contributed by atoms with Crippen LogP contribution in [0.4, 0.5) is 4.79 Å². The van der Waals surface area contributed by atoms with Crippen molar-refractivity contribution in [3.63, 3.8) is 0 Å². The van der Waals surface area contributed by atoms with Gasteiger partial charge in [0.25, 0.3) is 0 Å². The predicted molar refractivity (Wildman–Crippen MR) is 72.0 cm³/mol. The van der Waals surface area contributed by atoms with Crippen molar-refractivity contribution in [2.45, 2.75) is 31.9 Å². The van der Waals surface area contributed by atoms with Gasteiger partial charge in [-0.05, 0) is 32.3 Å². The van der Waals surface area contributed by atoms with Gasteiger partial charge in [-0.3, -0.25) is 0 Å². The lowest BCUT2D eigenvalue weighted by molar-refractivity contribution is -0.139. The molecule has 7 heteroatoms. The lowest BCUT2D eigenvalue weighted by Gasteiger charge is -2.23. The molecular formula is C11H22N2O4S. The van der Waals surface area contributed by atoms with Gasteiger partial charge in [0.1, 0.15) is 6.04 Å². The van der Waals surface area contributed by atoms with Crippen LogP contribution < -0.4 is 10.6 Å². The van der Waals surface area contributed by atoms with Gasteiger partial charge in [-0.2, -0.15) is 11.8 Å². The molecule has 0 rings (SSSR count). The SMILES string of the molecule is COC(C)(C)CNC(=O)N[C@@H](CCSC)C(=O)O. The van der Waals surface area contributed by atoms with E-state index in [-0.39, 0.29) is 0 Å². The monoisotopic (exact) mass is 278 g/mol. The van der Waals surface area contributed by atoms with Gasteiger partial charge in [-0.25, -0.2) is 9.59 Å². The number of methoxy groups -OCH3 is 1. The van der Waals surface area contributed by atoms with Crippen molar-refractivity contribution < 1.29 is 19.4 Å². The largest absolute Gasteiger partial charge is 0.480 e. The Morgan fingerprint density at radius 1 is 1.44 bits per heavy atom. The minimum atomic E-state index is -1.02. The molecule has 106 valence electrons. The Bertz CT molecular complexity index is 284. The van der Waals surface area contributed by atoms with E-state index in [0.29, 0.717) is 18.7 Å². The molecule has 0 spiro atoms. The standard InChI is InChI=1S/C11H22N2O4S/c1-11(2,17-3)7-12-10(16)13-8(9(14)15)5-6-18-4/h8H,5-7H2,1-4H3,(H,14,15)(H2,12,13,16)/t8-/m0/s1. The zero-order valence-corrected chi connectivity index (χ0v) is 12.1. The summed E-state index contributed by atoms with van der Waals surface area (Å²) in [7, 11) is 1.55. The molecule has 0 aromatic heterocycles. The van der Waals surface area contributed by atoms with Crippen LogP contribution in [-0.4, -0.2) is 54.4 Å². The third-order valence-electron chi connectivity index (χ3n) is 2.44. The average Bonchev–Trinajstić information content (AvgIpc) is 2.31. The van der Waals surface area contributed by atoms with Crippen molar-refractivity contribution in [2.75, 3.05) is 25.7 Å². The van der Waals surface area contributed by atoms with Gasteiger partial charge >= 0.3 is 12.0 Å². The summed E-state index contributed by atoms with van der Waals surface area (Å²) < 4.78 is 5.14. The molecule has 6 nitrogen and oxygen atoms in total. The summed E-state index contributed by atoms with van der Waals surface area (Å²) in [6.45, 7) is 3.97. The summed E-state index contributed by atoms with van der Waals surface area (Å²) in [6, 6.07) is -1.35. The molecular weight excluding hydrogens is 256 g/mol. The summed E-state index contributed by atoms with van der Waals surface area (Å²) in [5, 5.41) is 14.0. The van der Waals surface area contributed by atoms with E-state index in [1.807, 2.05) is 20.1 Å². The van der Waals surface area contributed by atoms with Crippen molar-refractivity contribution in [1.29, 1.82) is 0 Å². The molecule has 0 heterocycles. The Labute approximate surface area is 112 Å². The minimum absolute atomic E-state index is 0.310. The van der Waals surface area contributed by atoms with Gasteiger partial charge in [0.15, 0.2) is 0 Å². The number of ether oxygens (including phenoxy) is 1. The molecule has 0 radical (unpaired) electrons. The summed E-state index contributed by atoms with van der Waals surface area (Å²) >= 11 is 1.54. The number of thioether (sulfide) groups is 1. The second-order valence-electron chi connectivity index (χ2n) is 4.46. The topological polar surface area (TPSA) is 87.7 Å². The maximum Gasteiger partial charge on any atom is 0.326 e. The molecule has 0 aliphatic heterocycles. The highest BCUT2D eigenvalue weighted by Crippen LogP contribution is 2.05. The molecule has 0 aliphatic carbocycles. The first kappa shape index (κ1) is 17.1. The molecule has 0 aromatic rings. The second-order valence-corrected chi connectivity index (χ2v) is 5.45. The number of aliphatic carboxylic acids is 1. The minimum Gasteiger partial charge on any atom is -0.480 e. The predicted octanol–water partition coefficient (Wildman–Crippen LogP) is 0.917. The van der Waals surface area contributed by atoms with Gasteiger partial charge in [-0.15, -0.1) is 0 Å². The first-order chi connectivity index (χ1) is 8.32. The first-order valence-electron chi connectivity index (χ1n) is 5.63. The van der Waals surface area contributed by atoms with Gasteiger partial charge in [0.05, 0.1) is 5.60 Å². The fraction of sp³-hybridized carbons (Fsp3) is 0.818. The quantitative estimate of drug-likeness (QED) is 0.614. The van der Waals surface area contributed by atoms with E-state index in [2.05, 4.69) is 10.6 Å². The van der Waals surface area contributed by atoms with Crippen LogP contribution in [0.15, 0.2) is 0 Å². The second kappa shape index (κ2) is 8.20. The maximum atomic E-state index is 11.5. The van der Waals surface area contributed by atoms with Crippen molar-refractivity contribution in [1.82, 2.24) is 10.6 Å². The number of nitrogens with one attached hydrogen (secondary N) is 2. The summed E-state index contributed by atoms with van der Waals surface area (Å²) in [5.41, 5.74) is -0.477. The number of carbonyl (C=O) groups is 2. The van der Waals surface area contributed by atoms with Crippen LogP contribution in [0.1, 0.15) is 20.3 Å². The zero-order valence-electron chi connectivity index (χ0n) is 11.3. The van der Waals surface area contributed by atoms with Crippen LogP contribution in [0.25, 0.3) is 0 Å². The highest BCUT2D eigenvalue weighted by molar-refractivity contribution is 7.98. The Morgan fingerprint density at radius 3 is 2.50 bits per heavy atom. The van der Waals surface area contributed by atoms with E-state index in [1.165, 1.54) is 0 Å². The molecule has 0 bridgehead atoms. The van der Waals surface area contributed by atoms with E-state index in [1.54, 1.807) is 18.9 Å². The Hall–Kier alpha value is -0.950. The van der Waals surface area contributed by atoms with E-state index in [0.717, 1.165) is 0 Å². The molecule has 0 aromatic carbocycles. The van der Waals surface area contributed by atoms with E-state index >= 15 is 0 Å². The Balaban J connectivity index is 4.14. The molecule has 1 atom stereocenters. The van der Waals surface area contributed by atoms with Crippen molar-refractivity contribution in [3.05, 3.63) is 0 Å². The Morgan fingerprint density at radius 2 is 2.06 bits per heavy atom. The highest BCUT2D eigenvalue weighted by Gasteiger charge is 2.21. The van der Waals surface area contributed by atoms with Crippen LogP contribution in [-0.2, 0) is 9.53 Å². The van der Waals surface area contributed by atoms with Gasteiger partial charge < -0.3 is 20.5 Å². The number of amides is 2. The van der Waals surface area contributed by atoms with Crippen LogP contribution in [0.3, 0.4) is 0 Å². The lowest BCUT2D eigenvalue weighted by atomic mass is 10.1. The van der Waals surface area contributed by atoms with Gasteiger partial charge in [0, 0.05) is 13.7 Å². The molecule has 0 saturated carbocycles. The van der Waals surface area contributed by atoms with Crippen LogP contribution in [0.5, 0.6) is 0 Å². The number of rotatable bonds is 8. The van der Waals surface area contributed by atoms with Crippen LogP contribution in [0.2, 0.25) is 0 Å². The third-order valence-corrected chi connectivity index (χ3v) is 3.09. The van der Waals surface area contributed by atoms with E-state index in [4.69, 9.17) is 9.84 Å². The van der Waals surface area contributed by atoms with E-state index in [9.17, 15) is 9.59 Å². The number of carbonyl (C=O) groups excluding carboxylic acids is 1. The average molecular weight is 278 g/mol. The number of carboxylic acids is 1. The maximum absolute atomic E-state index is 11.5. The number of hydrogen-bond donors (Lipinski definition) is 3. The number of urea groups is 1. The van der Waals surface area contributed by atoms with E-state index < -0.39 is 23.6 Å². The highest BCUT2D eigenvalue weighted by atomic mass is 32.2. The molecule has 2 amide bonds. The zero-order chi connectivity index (χ0) is 14.2. The first-order valence-corrected chi connectivity index (χ1v) is 7.03.